The van der Waals surface area contributed by atoms with Crippen molar-refractivity contribution in [3.63, 3.8) is 0 Å². The fourth-order valence-electron chi connectivity index (χ4n) is 1.48. The third kappa shape index (κ3) is 3.03. The Morgan fingerprint density at radius 2 is 2.06 bits per heavy atom. The smallest absolute Gasteiger partial charge is 0.242 e. The molecule has 1 aromatic carbocycles. The maximum absolute atomic E-state index is 11.4. The molecular formula is C12H14ClNO3. The highest BCUT2D eigenvalue weighted by atomic mass is 35.5. The standard InChI is InChI=1S/C12H14ClNO3/c1-8(13)12(15)14-9-3-4-10-11(7-9)17-6-2-5-16-10/h3-4,7-8H,2,5-6H2,1H3,(H,14,15)/t8-/m1/s1. The van der Waals surface area contributed by atoms with E-state index in [0.29, 0.717) is 30.4 Å². The van der Waals surface area contributed by atoms with Crippen LogP contribution in [0.5, 0.6) is 11.5 Å². The van der Waals surface area contributed by atoms with Gasteiger partial charge in [0.1, 0.15) is 5.38 Å². The van der Waals surface area contributed by atoms with Crippen molar-refractivity contribution in [2.75, 3.05) is 18.5 Å². The van der Waals surface area contributed by atoms with Gasteiger partial charge in [-0.25, -0.2) is 0 Å². The van der Waals surface area contributed by atoms with E-state index in [1.165, 1.54) is 0 Å². The first-order valence-electron chi connectivity index (χ1n) is 5.51. The topological polar surface area (TPSA) is 47.6 Å². The van der Waals surface area contributed by atoms with Crippen LogP contribution >= 0.6 is 11.6 Å². The summed E-state index contributed by atoms with van der Waals surface area (Å²) in [5.74, 6) is 1.13. The number of nitrogens with one attached hydrogen (secondary N) is 1. The molecule has 17 heavy (non-hydrogen) atoms. The molecule has 0 saturated heterocycles. The van der Waals surface area contributed by atoms with Gasteiger partial charge < -0.3 is 14.8 Å². The molecule has 0 radical (unpaired) electrons. The summed E-state index contributed by atoms with van der Waals surface area (Å²) in [7, 11) is 0. The van der Waals surface area contributed by atoms with Crippen LogP contribution in [0, 0.1) is 0 Å². The summed E-state index contributed by atoms with van der Waals surface area (Å²) in [5.41, 5.74) is 0.659. The minimum atomic E-state index is -0.564. The zero-order valence-corrected chi connectivity index (χ0v) is 10.3. The molecule has 1 amide bonds. The average molecular weight is 256 g/mol. The van der Waals surface area contributed by atoms with Crippen molar-refractivity contribution in [2.24, 2.45) is 0 Å². The van der Waals surface area contributed by atoms with Crippen LogP contribution in [0.25, 0.3) is 0 Å². The van der Waals surface area contributed by atoms with Gasteiger partial charge in [0.25, 0.3) is 0 Å². The van der Waals surface area contributed by atoms with E-state index in [9.17, 15) is 4.79 Å². The number of hydrogen-bond acceptors (Lipinski definition) is 3. The van der Waals surface area contributed by atoms with Crippen LogP contribution in [0.15, 0.2) is 18.2 Å². The number of carbonyl (C=O) groups is 1. The Kier molecular flexibility index (Phi) is 3.74. The van der Waals surface area contributed by atoms with Crippen LogP contribution in [0.2, 0.25) is 0 Å². The van der Waals surface area contributed by atoms with Gasteiger partial charge in [-0.3, -0.25) is 4.79 Å². The van der Waals surface area contributed by atoms with Gasteiger partial charge in [0.2, 0.25) is 5.91 Å². The van der Waals surface area contributed by atoms with Gasteiger partial charge in [0, 0.05) is 18.2 Å². The Morgan fingerprint density at radius 3 is 2.76 bits per heavy atom. The van der Waals surface area contributed by atoms with Gasteiger partial charge >= 0.3 is 0 Å². The number of rotatable bonds is 2. The zero-order chi connectivity index (χ0) is 12.3. The van der Waals surface area contributed by atoms with Crippen LogP contribution in [-0.2, 0) is 4.79 Å². The molecule has 1 aliphatic rings. The lowest BCUT2D eigenvalue weighted by Crippen LogP contribution is -2.20. The molecule has 0 spiro atoms. The second kappa shape index (κ2) is 5.27. The third-order valence-electron chi connectivity index (χ3n) is 2.38. The van der Waals surface area contributed by atoms with Crippen LogP contribution in [0.4, 0.5) is 5.69 Å². The normalized spacial score (nSPS) is 15.9. The van der Waals surface area contributed by atoms with Crippen LogP contribution in [0.1, 0.15) is 13.3 Å². The second-order valence-electron chi connectivity index (χ2n) is 3.82. The van der Waals surface area contributed by atoms with Crippen molar-refractivity contribution in [3.05, 3.63) is 18.2 Å². The maximum atomic E-state index is 11.4. The number of ether oxygens (including phenoxy) is 2. The summed E-state index contributed by atoms with van der Waals surface area (Å²) in [6, 6.07) is 5.30. The molecule has 1 aromatic rings. The van der Waals surface area contributed by atoms with Gasteiger partial charge in [-0.05, 0) is 19.1 Å². The second-order valence-corrected chi connectivity index (χ2v) is 4.47. The van der Waals surface area contributed by atoms with Crippen molar-refractivity contribution >= 4 is 23.2 Å². The summed E-state index contributed by atoms with van der Waals surface area (Å²) in [5, 5.41) is 2.14. The molecule has 92 valence electrons. The van der Waals surface area contributed by atoms with E-state index in [4.69, 9.17) is 21.1 Å². The number of hydrogen-bond donors (Lipinski definition) is 1. The largest absolute Gasteiger partial charge is 0.490 e. The lowest BCUT2D eigenvalue weighted by Gasteiger charge is -2.10. The fraction of sp³-hybridized carbons (Fsp3) is 0.417. The molecule has 1 aliphatic heterocycles. The number of benzene rings is 1. The summed E-state index contributed by atoms with van der Waals surface area (Å²) in [6.45, 7) is 2.90. The molecule has 1 atom stereocenters. The van der Waals surface area contributed by atoms with E-state index in [2.05, 4.69) is 5.32 Å². The first-order chi connectivity index (χ1) is 8.16. The fourth-order valence-corrected chi connectivity index (χ4v) is 1.54. The molecule has 1 N–H and O–H groups in total. The molecular weight excluding hydrogens is 242 g/mol. The molecule has 1 heterocycles. The molecule has 0 bridgehead atoms. The molecule has 5 heteroatoms. The number of carbonyl (C=O) groups excluding carboxylic acids is 1. The molecule has 0 aliphatic carbocycles. The van der Waals surface area contributed by atoms with E-state index in [-0.39, 0.29) is 5.91 Å². The molecule has 2 rings (SSSR count). The van der Waals surface area contributed by atoms with E-state index in [1.54, 1.807) is 25.1 Å². The minimum absolute atomic E-state index is 0.235. The highest BCUT2D eigenvalue weighted by Gasteiger charge is 2.13. The molecule has 0 fully saturated rings. The van der Waals surface area contributed by atoms with E-state index < -0.39 is 5.38 Å². The first-order valence-corrected chi connectivity index (χ1v) is 5.95. The van der Waals surface area contributed by atoms with Crippen molar-refractivity contribution < 1.29 is 14.3 Å². The van der Waals surface area contributed by atoms with Crippen molar-refractivity contribution in [2.45, 2.75) is 18.7 Å². The van der Waals surface area contributed by atoms with E-state index >= 15 is 0 Å². The summed E-state index contributed by atoms with van der Waals surface area (Å²) in [4.78, 5) is 11.4. The lowest BCUT2D eigenvalue weighted by molar-refractivity contribution is -0.115. The monoisotopic (exact) mass is 255 g/mol. The molecule has 0 aromatic heterocycles. The predicted molar refractivity (Wildman–Crippen MR) is 66.0 cm³/mol. The molecule has 0 saturated carbocycles. The summed E-state index contributed by atoms with van der Waals surface area (Å²) >= 11 is 5.68. The van der Waals surface area contributed by atoms with Crippen LogP contribution in [-0.4, -0.2) is 24.5 Å². The van der Waals surface area contributed by atoms with Crippen LogP contribution < -0.4 is 14.8 Å². The number of anilines is 1. The van der Waals surface area contributed by atoms with Gasteiger partial charge in [0.05, 0.1) is 13.2 Å². The highest BCUT2D eigenvalue weighted by Crippen LogP contribution is 2.32. The summed E-state index contributed by atoms with van der Waals surface area (Å²) < 4.78 is 11.0. The lowest BCUT2D eigenvalue weighted by atomic mass is 10.2. The number of halogens is 1. The minimum Gasteiger partial charge on any atom is -0.490 e. The Hall–Kier alpha value is -1.42. The van der Waals surface area contributed by atoms with Crippen molar-refractivity contribution in [3.8, 4) is 11.5 Å². The molecule has 0 unspecified atom stereocenters. The average Bonchev–Trinajstić information content (AvgIpc) is 2.53. The quantitative estimate of drug-likeness (QED) is 0.826. The SMILES string of the molecule is C[C@@H](Cl)C(=O)Nc1ccc2c(c1)OCCCO2. The molecule has 4 nitrogen and oxygen atoms in total. The number of amides is 1. The van der Waals surface area contributed by atoms with E-state index in [0.717, 1.165) is 6.42 Å². The van der Waals surface area contributed by atoms with Gasteiger partial charge in [0.15, 0.2) is 11.5 Å². The predicted octanol–water partition coefficient (Wildman–Crippen LogP) is 2.41. The first kappa shape index (κ1) is 12.0. The van der Waals surface area contributed by atoms with Crippen molar-refractivity contribution in [1.82, 2.24) is 0 Å². The number of alkyl halides is 1. The Balaban J connectivity index is 2.15. The Labute approximate surface area is 105 Å². The van der Waals surface area contributed by atoms with Gasteiger partial charge in [-0.1, -0.05) is 0 Å². The van der Waals surface area contributed by atoms with Crippen LogP contribution in [0.3, 0.4) is 0 Å². The van der Waals surface area contributed by atoms with Crippen molar-refractivity contribution in [1.29, 1.82) is 0 Å². The zero-order valence-electron chi connectivity index (χ0n) is 9.53. The highest BCUT2D eigenvalue weighted by molar-refractivity contribution is 6.32. The summed E-state index contributed by atoms with van der Waals surface area (Å²) in [6.07, 6.45) is 0.856. The van der Waals surface area contributed by atoms with E-state index in [1.807, 2.05) is 0 Å². The maximum Gasteiger partial charge on any atom is 0.242 e. The van der Waals surface area contributed by atoms with Gasteiger partial charge in [-0.15, -0.1) is 11.6 Å². The van der Waals surface area contributed by atoms with Gasteiger partial charge in [-0.2, -0.15) is 0 Å². The number of fused-ring (bicyclic) bond motifs is 1. The Morgan fingerprint density at radius 1 is 1.35 bits per heavy atom. The Bertz CT molecular complexity index is 420. The third-order valence-corrected chi connectivity index (χ3v) is 2.57.